The molecule has 0 saturated carbocycles. The van der Waals surface area contributed by atoms with Gasteiger partial charge in [0, 0.05) is 22.6 Å². The van der Waals surface area contributed by atoms with Gasteiger partial charge in [-0.25, -0.2) is 4.39 Å². The van der Waals surface area contributed by atoms with Crippen molar-refractivity contribution < 1.29 is 9.13 Å². The largest absolute Gasteiger partial charge is 0.489 e. The summed E-state index contributed by atoms with van der Waals surface area (Å²) >= 11 is 3.57. The van der Waals surface area contributed by atoms with Crippen LogP contribution in [0.4, 0.5) is 4.39 Å². The van der Waals surface area contributed by atoms with E-state index in [9.17, 15) is 4.39 Å². The molecule has 0 unspecified atom stereocenters. The third kappa shape index (κ3) is 5.14. The molecule has 2 nitrogen and oxygen atoms in total. The van der Waals surface area contributed by atoms with Gasteiger partial charge >= 0.3 is 0 Å². The molecule has 2 rings (SSSR count). The van der Waals surface area contributed by atoms with Crippen molar-refractivity contribution in [2.24, 2.45) is 0 Å². The molecule has 0 radical (unpaired) electrons. The second kappa shape index (κ2) is 7.57. The summed E-state index contributed by atoms with van der Waals surface area (Å²) in [6.45, 7) is 5.54. The first-order valence-corrected chi connectivity index (χ1v) is 7.73. The van der Waals surface area contributed by atoms with Crippen molar-refractivity contribution in [2.45, 2.75) is 33.0 Å². The number of rotatable bonds is 6. The molecule has 0 heterocycles. The normalized spacial score (nSPS) is 10.9. The fourth-order valence-electron chi connectivity index (χ4n) is 1.83. The summed E-state index contributed by atoms with van der Waals surface area (Å²) < 4.78 is 19.5. The molecular formula is C17H19BrFNO. The van der Waals surface area contributed by atoms with E-state index in [0.29, 0.717) is 18.4 Å². The number of nitrogens with one attached hydrogen (secondary N) is 1. The molecule has 112 valence electrons. The van der Waals surface area contributed by atoms with Crippen molar-refractivity contribution in [1.29, 1.82) is 0 Å². The van der Waals surface area contributed by atoms with Crippen LogP contribution in [0.2, 0.25) is 0 Å². The summed E-state index contributed by atoms with van der Waals surface area (Å²) in [5.41, 5.74) is 2.29. The van der Waals surface area contributed by atoms with E-state index in [4.69, 9.17) is 4.74 Å². The lowest BCUT2D eigenvalue weighted by Crippen LogP contribution is -2.21. The predicted octanol–water partition coefficient (Wildman–Crippen LogP) is 4.67. The van der Waals surface area contributed by atoms with E-state index in [1.807, 2.05) is 6.07 Å². The average Bonchev–Trinajstić information content (AvgIpc) is 2.46. The molecule has 0 atom stereocenters. The molecule has 2 aromatic carbocycles. The topological polar surface area (TPSA) is 21.3 Å². The molecule has 0 aromatic heterocycles. The van der Waals surface area contributed by atoms with Gasteiger partial charge in [-0.1, -0.05) is 41.9 Å². The van der Waals surface area contributed by atoms with E-state index in [1.165, 1.54) is 17.7 Å². The molecule has 0 bridgehead atoms. The van der Waals surface area contributed by atoms with Crippen molar-refractivity contribution in [2.75, 3.05) is 0 Å². The lowest BCUT2D eigenvalue weighted by molar-refractivity contribution is 0.305. The monoisotopic (exact) mass is 351 g/mol. The third-order valence-corrected chi connectivity index (χ3v) is 3.78. The van der Waals surface area contributed by atoms with Crippen molar-refractivity contribution in [3.63, 3.8) is 0 Å². The SMILES string of the molecule is CC(C)NCc1ccc(COc2ccc(F)cc2)c(Br)c1. The van der Waals surface area contributed by atoms with Gasteiger partial charge in [-0.3, -0.25) is 0 Å². The Morgan fingerprint density at radius 2 is 1.86 bits per heavy atom. The molecule has 0 saturated heterocycles. The number of halogens is 2. The summed E-state index contributed by atoms with van der Waals surface area (Å²) in [5.74, 6) is 0.402. The first-order valence-electron chi connectivity index (χ1n) is 6.93. The summed E-state index contributed by atoms with van der Waals surface area (Å²) in [6, 6.07) is 12.7. The van der Waals surface area contributed by atoms with Crippen LogP contribution in [-0.4, -0.2) is 6.04 Å². The summed E-state index contributed by atoms with van der Waals surface area (Å²) in [5, 5.41) is 3.38. The quantitative estimate of drug-likeness (QED) is 0.816. The van der Waals surface area contributed by atoms with Gasteiger partial charge in [-0.15, -0.1) is 0 Å². The minimum absolute atomic E-state index is 0.259. The smallest absolute Gasteiger partial charge is 0.123 e. The summed E-state index contributed by atoms with van der Waals surface area (Å²) in [7, 11) is 0. The van der Waals surface area contributed by atoms with Gasteiger partial charge in [0.1, 0.15) is 18.2 Å². The molecule has 4 heteroatoms. The van der Waals surface area contributed by atoms with Crippen LogP contribution in [-0.2, 0) is 13.2 Å². The standard InChI is InChI=1S/C17H19BrFNO/c1-12(2)20-10-13-3-4-14(17(18)9-13)11-21-16-7-5-15(19)6-8-16/h3-9,12,20H,10-11H2,1-2H3. The maximum absolute atomic E-state index is 12.8. The van der Waals surface area contributed by atoms with Gasteiger partial charge in [0.15, 0.2) is 0 Å². The maximum Gasteiger partial charge on any atom is 0.123 e. The first kappa shape index (κ1) is 16.0. The maximum atomic E-state index is 12.8. The van der Waals surface area contributed by atoms with Crippen molar-refractivity contribution in [1.82, 2.24) is 5.32 Å². The fourth-order valence-corrected chi connectivity index (χ4v) is 2.37. The highest BCUT2D eigenvalue weighted by Gasteiger charge is 2.04. The van der Waals surface area contributed by atoms with Gasteiger partial charge in [-0.2, -0.15) is 0 Å². The van der Waals surface area contributed by atoms with E-state index in [2.05, 4.69) is 47.2 Å². The predicted molar refractivity (Wildman–Crippen MR) is 86.8 cm³/mol. The van der Waals surface area contributed by atoms with Crippen molar-refractivity contribution >= 4 is 15.9 Å². The van der Waals surface area contributed by atoms with Crippen LogP contribution < -0.4 is 10.1 Å². The second-order valence-electron chi connectivity index (χ2n) is 5.20. The molecule has 0 aliphatic rings. The van der Waals surface area contributed by atoms with Crippen molar-refractivity contribution in [3.05, 3.63) is 63.9 Å². The van der Waals surface area contributed by atoms with Crippen LogP contribution in [0, 0.1) is 5.82 Å². The molecule has 1 N–H and O–H groups in total. The summed E-state index contributed by atoms with van der Waals surface area (Å²) in [6.07, 6.45) is 0. The third-order valence-electron chi connectivity index (χ3n) is 3.04. The molecule has 2 aromatic rings. The van der Waals surface area contributed by atoms with E-state index in [-0.39, 0.29) is 5.82 Å². The highest BCUT2D eigenvalue weighted by molar-refractivity contribution is 9.10. The molecule has 0 amide bonds. The van der Waals surface area contributed by atoms with Gasteiger partial charge < -0.3 is 10.1 Å². The van der Waals surface area contributed by atoms with Gasteiger partial charge in [0.25, 0.3) is 0 Å². The Morgan fingerprint density at radius 3 is 2.48 bits per heavy atom. The number of hydrogen-bond donors (Lipinski definition) is 1. The molecule has 0 aliphatic carbocycles. The van der Waals surface area contributed by atoms with Crippen LogP contribution in [0.1, 0.15) is 25.0 Å². The molecular weight excluding hydrogens is 333 g/mol. The Labute approximate surface area is 133 Å². The van der Waals surface area contributed by atoms with E-state index in [1.54, 1.807) is 12.1 Å². The van der Waals surface area contributed by atoms with E-state index >= 15 is 0 Å². The highest BCUT2D eigenvalue weighted by Crippen LogP contribution is 2.21. The Kier molecular flexibility index (Phi) is 5.76. The average molecular weight is 352 g/mol. The zero-order valence-corrected chi connectivity index (χ0v) is 13.8. The van der Waals surface area contributed by atoms with Crippen LogP contribution >= 0.6 is 15.9 Å². The van der Waals surface area contributed by atoms with Crippen LogP contribution in [0.15, 0.2) is 46.9 Å². The molecule has 21 heavy (non-hydrogen) atoms. The highest BCUT2D eigenvalue weighted by atomic mass is 79.9. The van der Waals surface area contributed by atoms with E-state index < -0.39 is 0 Å². The van der Waals surface area contributed by atoms with Gasteiger partial charge in [-0.05, 0) is 35.9 Å². The van der Waals surface area contributed by atoms with Crippen LogP contribution in [0.5, 0.6) is 5.75 Å². The summed E-state index contributed by atoms with van der Waals surface area (Å²) in [4.78, 5) is 0. The minimum atomic E-state index is -0.259. The fraction of sp³-hybridized carbons (Fsp3) is 0.294. The number of benzene rings is 2. The van der Waals surface area contributed by atoms with Crippen LogP contribution in [0.3, 0.4) is 0 Å². The Bertz CT molecular complexity index is 584. The Hall–Kier alpha value is -1.39. The van der Waals surface area contributed by atoms with Crippen LogP contribution in [0.25, 0.3) is 0 Å². The molecule has 0 fully saturated rings. The Morgan fingerprint density at radius 1 is 1.14 bits per heavy atom. The molecule has 0 spiro atoms. The lowest BCUT2D eigenvalue weighted by atomic mass is 10.1. The van der Waals surface area contributed by atoms with Crippen molar-refractivity contribution in [3.8, 4) is 5.75 Å². The molecule has 0 aliphatic heterocycles. The lowest BCUT2D eigenvalue weighted by Gasteiger charge is -2.11. The number of hydrogen-bond acceptors (Lipinski definition) is 2. The second-order valence-corrected chi connectivity index (χ2v) is 6.06. The minimum Gasteiger partial charge on any atom is -0.489 e. The number of ether oxygens (including phenoxy) is 1. The zero-order valence-electron chi connectivity index (χ0n) is 12.2. The first-order chi connectivity index (χ1) is 10.0. The van der Waals surface area contributed by atoms with Gasteiger partial charge in [0.2, 0.25) is 0 Å². The van der Waals surface area contributed by atoms with Gasteiger partial charge in [0.05, 0.1) is 0 Å². The van der Waals surface area contributed by atoms with E-state index in [0.717, 1.165) is 16.6 Å². The zero-order chi connectivity index (χ0) is 15.2. The Balaban J connectivity index is 1.95.